The Kier molecular flexibility index (Phi) is 6.52. The summed E-state index contributed by atoms with van der Waals surface area (Å²) in [5, 5.41) is 2.94. The lowest BCUT2D eigenvalue weighted by atomic mass is 10.3. The van der Waals surface area contributed by atoms with E-state index in [0.29, 0.717) is 29.9 Å². The van der Waals surface area contributed by atoms with Crippen LogP contribution in [-0.2, 0) is 9.84 Å². The van der Waals surface area contributed by atoms with Crippen LogP contribution in [0.15, 0.2) is 16.6 Å². The van der Waals surface area contributed by atoms with Gasteiger partial charge >= 0.3 is 0 Å². The predicted octanol–water partition coefficient (Wildman–Crippen LogP) is 2.25. The monoisotopic (exact) mass is 373 g/mol. The molecule has 0 unspecified atom stereocenters. The molecule has 0 saturated heterocycles. The highest BCUT2D eigenvalue weighted by molar-refractivity contribution is 9.10. The topological polar surface area (TPSA) is 55.4 Å². The van der Waals surface area contributed by atoms with Gasteiger partial charge in [0.1, 0.15) is 28.0 Å². The van der Waals surface area contributed by atoms with E-state index in [0.717, 1.165) is 0 Å². The summed E-state index contributed by atoms with van der Waals surface area (Å²) in [6, 6.07) is 2.62. The van der Waals surface area contributed by atoms with Crippen molar-refractivity contribution in [3.8, 4) is 5.75 Å². The third kappa shape index (κ3) is 6.56. The minimum absolute atomic E-state index is 0.0190. The summed E-state index contributed by atoms with van der Waals surface area (Å²) < 4.78 is 40.9. The van der Waals surface area contributed by atoms with Crippen molar-refractivity contribution in [3.63, 3.8) is 0 Å². The van der Waals surface area contributed by atoms with Crippen molar-refractivity contribution in [2.75, 3.05) is 31.7 Å². The lowest BCUT2D eigenvalue weighted by molar-refractivity contribution is 0.312. The summed E-state index contributed by atoms with van der Waals surface area (Å²) in [5.74, 6) is -0.122. The molecule has 4 nitrogen and oxygen atoms in total. The van der Waals surface area contributed by atoms with Crippen LogP contribution in [-0.4, -0.2) is 40.1 Å². The summed E-state index contributed by atoms with van der Waals surface area (Å²) in [6.07, 6.45) is 1.18. The van der Waals surface area contributed by atoms with Crippen molar-refractivity contribution in [3.05, 3.63) is 27.4 Å². The van der Waals surface area contributed by atoms with Crippen LogP contribution in [0.2, 0.25) is 5.02 Å². The molecule has 0 atom stereocenters. The van der Waals surface area contributed by atoms with Gasteiger partial charge < -0.3 is 10.1 Å². The minimum Gasteiger partial charge on any atom is -0.491 e. The van der Waals surface area contributed by atoms with Crippen molar-refractivity contribution in [2.24, 2.45) is 0 Å². The number of sulfone groups is 1. The first-order valence-corrected chi connectivity index (χ1v) is 8.68. The Morgan fingerprint density at radius 3 is 2.74 bits per heavy atom. The maximum absolute atomic E-state index is 13.2. The highest BCUT2D eigenvalue weighted by Crippen LogP contribution is 2.30. The molecule has 1 rings (SSSR count). The summed E-state index contributed by atoms with van der Waals surface area (Å²) >= 11 is 8.82. The van der Waals surface area contributed by atoms with Crippen LogP contribution in [0.1, 0.15) is 0 Å². The molecular formula is C11H14BrClFNO3S. The first-order valence-electron chi connectivity index (χ1n) is 5.45. The lowest BCUT2D eigenvalue weighted by Gasteiger charge is -2.09. The third-order valence-corrected chi connectivity index (χ3v) is 4.02. The molecule has 19 heavy (non-hydrogen) atoms. The molecule has 1 N–H and O–H groups in total. The molecular weight excluding hydrogens is 361 g/mol. The quantitative estimate of drug-likeness (QED) is 0.587. The highest BCUT2D eigenvalue weighted by Gasteiger charge is 2.07. The van der Waals surface area contributed by atoms with Gasteiger partial charge in [0.15, 0.2) is 0 Å². The van der Waals surface area contributed by atoms with Crippen molar-refractivity contribution in [1.82, 2.24) is 5.32 Å². The first kappa shape index (κ1) is 16.7. The van der Waals surface area contributed by atoms with Crippen LogP contribution >= 0.6 is 27.5 Å². The number of halogens is 3. The number of benzene rings is 1. The van der Waals surface area contributed by atoms with Gasteiger partial charge in [0.2, 0.25) is 0 Å². The fourth-order valence-corrected chi connectivity index (χ4v) is 2.50. The molecule has 0 amide bonds. The summed E-state index contributed by atoms with van der Waals surface area (Å²) in [4.78, 5) is 0. The molecule has 0 fully saturated rings. The second kappa shape index (κ2) is 7.42. The van der Waals surface area contributed by atoms with E-state index in [1.54, 1.807) is 0 Å². The van der Waals surface area contributed by atoms with E-state index in [1.165, 1.54) is 18.4 Å². The molecule has 0 heterocycles. The van der Waals surface area contributed by atoms with Crippen molar-refractivity contribution in [1.29, 1.82) is 0 Å². The average molecular weight is 375 g/mol. The number of nitrogens with one attached hydrogen (secondary N) is 1. The normalized spacial score (nSPS) is 11.6. The largest absolute Gasteiger partial charge is 0.491 e. The Bertz CT molecular complexity index is 539. The number of ether oxygens (including phenoxy) is 1. The third-order valence-electron chi connectivity index (χ3n) is 2.16. The molecule has 0 saturated carbocycles. The van der Waals surface area contributed by atoms with Crippen LogP contribution in [0, 0.1) is 5.82 Å². The van der Waals surface area contributed by atoms with E-state index in [1.807, 2.05) is 0 Å². The van der Waals surface area contributed by atoms with Crippen molar-refractivity contribution >= 4 is 37.4 Å². The van der Waals surface area contributed by atoms with E-state index < -0.39 is 15.7 Å². The predicted molar refractivity (Wildman–Crippen MR) is 77.2 cm³/mol. The Balaban J connectivity index is 2.32. The van der Waals surface area contributed by atoms with Crippen molar-refractivity contribution < 1.29 is 17.5 Å². The van der Waals surface area contributed by atoms with E-state index in [2.05, 4.69) is 21.2 Å². The Labute approximate surface area is 125 Å². The summed E-state index contributed by atoms with van der Waals surface area (Å²) in [5.41, 5.74) is 0. The van der Waals surface area contributed by atoms with Gasteiger partial charge in [-0.05, 0) is 22.0 Å². The van der Waals surface area contributed by atoms with Gasteiger partial charge in [0.05, 0.1) is 15.2 Å². The lowest BCUT2D eigenvalue weighted by Crippen LogP contribution is -2.26. The molecule has 1 aromatic carbocycles. The zero-order valence-electron chi connectivity index (χ0n) is 10.3. The van der Waals surface area contributed by atoms with Gasteiger partial charge in [0.25, 0.3) is 0 Å². The molecule has 108 valence electrons. The van der Waals surface area contributed by atoms with Crippen molar-refractivity contribution in [2.45, 2.75) is 0 Å². The smallest absolute Gasteiger partial charge is 0.148 e. The standard InChI is InChI=1S/C11H14BrClFNO3S/c1-19(16,17)5-3-15-2-4-18-11-7-10(14)9(13)6-8(11)12/h6-7,15H,2-5H2,1H3. The Morgan fingerprint density at radius 1 is 1.42 bits per heavy atom. The van der Waals surface area contributed by atoms with Gasteiger partial charge in [-0.25, -0.2) is 12.8 Å². The second-order valence-electron chi connectivity index (χ2n) is 3.93. The fourth-order valence-electron chi connectivity index (χ4n) is 1.23. The minimum atomic E-state index is -2.96. The Morgan fingerprint density at radius 2 is 2.11 bits per heavy atom. The maximum atomic E-state index is 13.2. The first-order chi connectivity index (χ1) is 8.79. The number of hydrogen-bond donors (Lipinski definition) is 1. The zero-order valence-corrected chi connectivity index (χ0v) is 13.4. The number of rotatable bonds is 7. The zero-order chi connectivity index (χ0) is 14.5. The molecule has 0 aliphatic rings. The van der Waals surface area contributed by atoms with Crippen LogP contribution in [0.4, 0.5) is 4.39 Å². The van der Waals surface area contributed by atoms with Crippen LogP contribution in [0.25, 0.3) is 0 Å². The molecule has 0 bridgehead atoms. The van der Waals surface area contributed by atoms with Gasteiger partial charge in [-0.1, -0.05) is 11.6 Å². The highest BCUT2D eigenvalue weighted by atomic mass is 79.9. The molecule has 1 aromatic rings. The van der Waals surface area contributed by atoms with E-state index in [4.69, 9.17) is 16.3 Å². The maximum Gasteiger partial charge on any atom is 0.148 e. The SMILES string of the molecule is CS(=O)(=O)CCNCCOc1cc(F)c(Cl)cc1Br. The van der Waals surface area contributed by atoms with Gasteiger partial charge in [0, 0.05) is 25.4 Å². The fraction of sp³-hybridized carbons (Fsp3) is 0.455. The van der Waals surface area contributed by atoms with E-state index in [9.17, 15) is 12.8 Å². The molecule has 0 aliphatic carbocycles. The summed E-state index contributed by atoms with van der Waals surface area (Å²) in [7, 11) is -2.96. The molecule has 0 radical (unpaired) electrons. The molecule has 8 heteroatoms. The van der Waals surface area contributed by atoms with Gasteiger partial charge in [-0.2, -0.15) is 0 Å². The summed E-state index contributed by atoms with van der Waals surface area (Å²) in [6.45, 7) is 1.12. The Hall–Kier alpha value is -0.370. The van der Waals surface area contributed by atoms with Crippen LogP contribution in [0.3, 0.4) is 0 Å². The van der Waals surface area contributed by atoms with Crippen LogP contribution in [0.5, 0.6) is 5.75 Å². The number of hydrogen-bond acceptors (Lipinski definition) is 4. The van der Waals surface area contributed by atoms with Gasteiger partial charge in [-0.15, -0.1) is 0 Å². The molecule has 0 spiro atoms. The van der Waals surface area contributed by atoms with E-state index >= 15 is 0 Å². The molecule has 0 aliphatic heterocycles. The second-order valence-corrected chi connectivity index (χ2v) is 7.45. The van der Waals surface area contributed by atoms with Crippen LogP contribution < -0.4 is 10.1 Å². The van der Waals surface area contributed by atoms with E-state index in [-0.39, 0.29) is 10.8 Å². The van der Waals surface area contributed by atoms with Gasteiger partial charge in [-0.3, -0.25) is 0 Å². The average Bonchev–Trinajstić information content (AvgIpc) is 2.28. The molecule has 0 aromatic heterocycles.